The molecule has 154 valence electrons. The van der Waals surface area contributed by atoms with Crippen LogP contribution in [0.5, 0.6) is 5.75 Å². The maximum Gasteiger partial charge on any atom is 0.415 e. The van der Waals surface area contributed by atoms with Gasteiger partial charge in [0.05, 0.1) is 0 Å². The molecule has 4 rings (SSSR count). The van der Waals surface area contributed by atoms with E-state index in [0.717, 1.165) is 43.7 Å². The van der Waals surface area contributed by atoms with E-state index in [1.807, 2.05) is 54.7 Å². The zero-order valence-corrected chi connectivity index (χ0v) is 17.0. The molecule has 0 radical (unpaired) electrons. The lowest BCUT2D eigenvalue weighted by Crippen LogP contribution is -2.49. The predicted molar refractivity (Wildman–Crippen MR) is 115 cm³/mol. The van der Waals surface area contributed by atoms with E-state index in [-0.39, 0.29) is 6.09 Å². The van der Waals surface area contributed by atoms with E-state index in [2.05, 4.69) is 20.9 Å². The van der Waals surface area contributed by atoms with Crippen molar-refractivity contribution in [1.82, 2.24) is 19.8 Å². The smallest absolute Gasteiger partial charge is 0.410 e. The van der Waals surface area contributed by atoms with Crippen molar-refractivity contribution in [2.75, 3.05) is 32.7 Å². The Labute approximate surface area is 177 Å². The van der Waals surface area contributed by atoms with E-state index in [9.17, 15) is 4.79 Å². The molecule has 1 amide bonds. The molecule has 1 aromatic carbocycles. The second-order valence-corrected chi connectivity index (χ2v) is 7.45. The zero-order chi connectivity index (χ0) is 20.6. The number of hydrogen-bond donors (Lipinski definition) is 0. The highest BCUT2D eigenvalue weighted by Gasteiger charge is 2.22. The molecule has 6 heteroatoms. The number of pyridine rings is 2. The number of aromatic nitrogens is 2. The third-order valence-electron chi connectivity index (χ3n) is 5.31. The summed E-state index contributed by atoms with van der Waals surface area (Å²) < 4.78 is 5.57. The number of carbonyl (C=O) groups is 1. The number of benzene rings is 1. The summed E-state index contributed by atoms with van der Waals surface area (Å²) in [4.78, 5) is 25.2. The first-order valence-electron chi connectivity index (χ1n) is 10.3. The Morgan fingerprint density at radius 1 is 0.900 bits per heavy atom. The fraction of sp³-hybridized carbons (Fsp3) is 0.292. The summed E-state index contributed by atoms with van der Waals surface area (Å²) in [5.41, 5.74) is 3.39. The zero-order valence-electron chi connectivity index (χ0n) is 17.0. The minimum atomic E-state index is -0.278. The van der Waals surface area contributed by atoms with Crippen LogP contribution in [0, 0.1) is 0 Å². The van der Waals surface area contributed by atoms with Crippen LogP contribution in [0.3, 0.4) is 0 Å². The maximum absolute atomic E-state index is 12.5. The Bertz CT molecular complexity index is 924. The topological polar surface area (TPSA) is 58.6 Å². The molecule has 1 fully saturated rings. The van der Waals surface area contributed by atoms with Crippen molar-refractivity contribution in [1.29, 1.82) is 0 Å². The highest BCUT2D eigenvalue weighted by Crippen LogP contribution is 2.16. The molecule has 1 aliphatic heterocycles. The van der Waals surface area contributed by atoms with Crippen LogP contribution in [0.15, 0.2) is 73.2 Å². The highest BCUT2D eigenvalue weighted by atomic mass is 16.6. The molecule has 0 atom stereocenters. The van der Waals surface area contributed by atoms with Crippen LogP contribution in [0.4, 0.5) is 4.79 Å². The molecule has 0 aliphatic carbocycles. The van der Waals surface area contributed by atoms with Gasteiger partial charge in [-0.1, -0.05) is 24.3 Å². The molecule has 3 aromatic rings. The van der Waals surface area contributed by atoms with Gasteiger partial charge >= 0.3 is 6.09 Å². The predicted octanol–water partition coefficient (Wildman–Crippen LogP) is 3.43. The van der Waals surface area contributed by atoms with Crippen LogP contribution in [-0.2, 0) is 12.8 Å². The van der Waals surface area contributed by atoms with Gasteiger partial charge in [0.15, 0.2) is 0 Å². The average Bonchev–Trinajstić information content (AvgIpc) is 2.81. The van der Waals surface area contributed by atoms with Crippen LogP contribution in [-0.4, -0.2) is 58.6 Å². The molecule has 2 aromatic heterocycles. The van der Waals surface area contributed by atoms with Gasteiger partial charge in [-0.15, -0.1) is 0 Å². The van der Waals surface area contributed by atoms with Crippen LogP contribution in [0.2, 0.25) is 0 Å². The summed E-state index contributed by atoms with van der Waals surface area (Å²) in [5, 5.41) is 0. The Morgan fingerprint density at radius 2 is 1.73 bits per heavy atom. The molecule has 1 saturated heterocycles. The molecular formula is C24H26N4O2. The van der Waals surface area contributed by atoms with E-state index >= 15 is 0 Å². The largest absolute Gasteiger partial charge is 0.415 e. The fourth-order valence-corrected chi connectivity index (χ4v) is 3.54. The number of ether oxygens (including phenoxy) is 1. The second kappa shape index (κ2) is 9.98. The molecule has 30 heavy (non-hydrogen) atoms. The third-order valence-corrected chi connectivity index (χ3v) is 5.31. The van der Waals surface area contributed by atoms with Crippen LogP contribution in [0.1, 0.15) is 16.8 Å². The second-order valence-electron chi connectivity index (χ2n) is 7.45. The van der Waals surface area contributed by atoms with Crippen molar-refractivity contribution < 1.29 is 9.53 Å². The Morgan fingerprint density at radius 3 is 2.43 bits per heavy atom. The summed E-state index contributed by atoms with van der Waals surface area (Å²) >= 11 is 0. The van der Waals surface area contributed by atoms with Crippen LogP contribution in [0.25, 0.3) is 0 Å². The molecule has 0 unspecified atom stereocenters. The standard InChI is InChI=1S/C24H26N4O2/c29-24(28-16-14-27(15-17-28)13-10-21-4-3-11-25-19-21)30-23-8-6-20(7-9-23)18-22-5-1-2-12-26-22/h1-9,11-12,19H,10,13-18H2. The number of rotatable bonds is 6. The number of hydrogen-bond acceptors (Lipinski definition) is 5. The monoisotopic (exact) mass is 402 g/mol. The first kappa shape index (κ1) is 20.0. The third kappa shape index (κ3) is 5.64. The Hall–Kier alpha value is -3.25. The summed E-state index contributed by atoms with van der Waals surface area (Å²) in [6, 6.07) is 17.6. The van der Waals surface area contributed by atoms with Crippen molar-refractivity contribution in [2.24, 2.45) is 0 Å². The SMILES string of the molecule is O=C(Oc1ccc(Cc2ccccn2)cc1)N1CCN(CCc2cccnc2)CC1. The first-order chi connectivity index (χ1) is 14.8. The van der Waals surface area contributed by atoms with Crippen molar-refractivity contribution in [3.05, 3.63) is 90.0 Å². The van der Waals surface area contributed by atoms with E-state index in [4.69, 9.17) is 4.74 Å². The molecule has 0 saturated carbocycles. The first-order valence-corrected chi connectivity index (χ1v) is 10.3. The fourth-order valence-electron chi connectivity index (χ4n) is 3.54. The molecule has 1 aliphatic rings. The van der Waals surface area contributed by atoms with Gasteiger partial charge in [0.2, 0.25) is 0 Å². The van der Waals surface area contributed by atoms with Gasteiger partial charge in [-0.3, -0.25) is 14.9 Å². The summed E-state index contributed by atoms with van der Waals surface area (Å²) in [6.45, 7) is 4.07. The molecule has 0 bridgehead atoms. The lowest BCUT2D eigenvalue weighted by molar-refractivity contribution is 0.111. The molecule has 0 N–H and O–H groups in total. The summed E-state index contributed by atoms with van der Waals surface area (Å²) in [6.07, 6.45) is 6.96. The van der Waals surface area contributed by atoms with Gasteiger partial charge in [0.1, 0.15) is 5.75 Å². The number of nitrogens with zero attached hydrogens (tertiary/aromatic N) is 4. The maximum atomic E-state index is 12.5. The molecule has 3 heterocycles. The van der Waals surface area contributed by atoms with Crippen LogP contribution < -0.4 is 4.74 Å². The highest BCUT2D eigenvalue weighted by molar-refractivity contribution is 5.70. The molecule has 6 nitrogen and oxygen atoms in total. The van der Waals surface area contributed by atoms with Gasteiger partial charge in [-0.05, 0) is 47.9 Å². The van der Waals surface area contributed by atoms with Gasteiger partial charge in [0, 0.05) is 63.4 Å². The normalized spacial score (nSPS) is 14.5. The molecule has 0 spiro atoms. The van der Waals surface area contributed by atoms with Gasteiger partial charge in [-0.2, -0.15) is 0 Å². The van der Waals surface area contributed by atoms with Crippen molar-refractivity contribution in [2.45, 2.75) is 12.8 Å². The quantitative estimate of drug-likeness (QED) is 0.632. The van der Waals surface area contributed by atoms with Gasteiger partial charge < -0.3 is 9.64 Å². The van der Waals surface area contributed by atoms with Crippen molar-refractivity contribution in [3.63, 3.8) is 0 Å². The van der Waals surface area contributed by atoms with Crippen LogP contribution >= 0.6 is 0 Å². The Balaban J connectivity index is 1.22. The Kier molecular flexibility index (Phi) is 6.67. The lowest BCUT2D eigenvalue weighted by atomic mass is 10.1. The van der Waals surface area contributed by atoms with Crippen molar-refractivity contribution in [3.8, 4) is 5.75 Å². The molecular weight excluding hydrogens is 376 g/mol. The summed E-state index contributed by atoms with van der Waals surface area (Å²) in [5.74, 6) is 0.573. The number of piperazine rings is 1. The van der Waals surface area contributed by atoms with Gasteiger partial charge in [-0.25, -0.2) is 4.79 Å². The van der Waals surface area contributed by atoms with E-state index in [1.54, 1.807) is 17.3 Å². The van der Waals surface area contributed by atoms with Crippen molar-refractivity contribution >= 4 is 6.09 Å². The number of carbonyl (C=O) groups excluding carboxylic acids is 1. The minimum absolute atomic E-state index is 0.278. The minimum Gasteiger partial charge on any atom is -0.410 e. The number of amides is 1. The van der Waals surface area contributed by atoms with E-state index < -0.39 is 0 Å². The van der Waals surface area contributed by atoms with E-state index in [1.165, 1.54) is 5.56 Å². The average molecular weight is 402 g/mol. The summed E-state index contributed by atoms with van der Waals surface area (Å²) in [7, 11) is 0. The van der Waals surface area contributed by atoms with E-state index in [0.29, 0.717) is 18.8 Å². The lowest BCUT2D eigenvalue weighted by Gasteiger charge is -2.34. The van der Waals surface area contributed by atoms with Gasteiger partial charge in [0.25, 0.3) is 0 Å².